The maximum absolute atomic E-state index is 12.3. The van der Waals surface area contributed by atoms with Crippen molar-refractivity contribution in [2.45, 2.75) is 116 Å². The number of hydrogen-bond acceptors (Lipinski definition) is 14. The van der Waals surface area contributed by atoms with E-state index in [4.69, 9.17) is 19.3 Å². The Bertz CT molecular complexity index is 1850. The van der Waals surface area contributed by atoms with E-state index >= 15 is 0 Å². The Morgan fingerprint density at radius 2 is 1.13 bits per heavy atom. The van der Waals surface area contributed by atoms with Gasteiger partial charge in [-0.3, -0.25) is 25.1 Å². The predicted octanol–water partition coefficient (Wildman–Crippen LogP) is 3.65. The van der Waals surface area contributed by atoms with Gasteiger partial charge in [-0.1, -0.05) is 37.1 Å². The van der Waals surface area contributed by atoms with Gasteiger partial charge in [0.1, 0.15) is 23.3 Å². The number of anilines is 4. The van der Waals surface area contributed by atoms with Crippen LogP contribution in [0.2, 0.25) is 0 Å². The molecule has 21 nitrogen and oxygen atoms in total. The number of benzene rings is 2. The van der Waals surface area contributed by atoms with Crippen LogP contribution in [-0.2, 0) is 42.9 Å². The fraction of sp³-hybridized carbons (Fsp3) is 0.512. The first-order valence-corrected chi connectivity index (χ1v) is 19.5. The number of alkyl carbamates (subject to hydrolysis) is 1. The molecule has 22 heteroatoms. The third kappa shape index (κ3) is 22.9. The number of ether oxygens (including phenoxy) is 5. The standard InChI is InChI=1S/C21H29N3O7.C20H29N3O7.Na.H2O/c1-21(2,3)31-19(27)23-15-10-6-5-9-14(15)22-17(25)12-8-7-11-16-18(26)30-13-24(16)20(28)29-4;1-20(2,3)30-19(28)22-14-10-6-5-9-13(14)21-16(24)12-8-7-11-15(17(25)26)23-18(27)29-4;;/h5-6,9-10,16H,7-8,11-13H2,1-4H3,(H,22,25)(H,23,27);5-6,9-10,15H,7-8,11-12H2,1-4H3,(H,21,24)(H,22,28)(H,23,27)(H,25,26);;1H2/q;;+1;/p-1. The fourth-order valence-electron chi connectivity index (χ4n) is 5.39. The van der Waals surface area contributed by atoms with Crippen molar-refractivity contribution < 1.29 is 102 Å². The van der Waals surface area contributed by atoms with Crippen LogP contribution >= 0.6 is 0 Å². The van der Waals surface area contributed by atoms with Gasteiger partial charge in [0.15, 0.2) is 6.73 Å². The molecule has 0 aliphatic carbocycles. The van der Waals surface area contributed by atoms with Crippen molar-refractivity contribution in [3.63, 3.8) is 0 Å². The number of para-hydroxylation sites is 4. The summed E-state index contributed by atoms with van der Waals surface area (Å²) in [7, 11) is 2.39. The summed E-state index contributed by atoms with van der Waals surface area (Å²) in [6, 6.07) is 11.7. The number of nitrogens with zero attached hydrogens (tertiary/aromatic N) is 1. The van der Waals surface area contributed by atoms with Crippen LogP contribution in [0.3, 0.4) is 0 Å². The molecule has 0 radical (unpaired) electrons. The number of carbonyl (C=O) groups excluding carboxylic acids is 7. The summed E-state index contributed by atoms with van der Waals surface area (Å²) in [6.07, 6.45) is 0.0575. The van der Waals surface area contributed by atoms with Gasteiger partial charge in [0.25, 0.3) is 0 Å². The van der Waals surface area contributed by atoms with E-state index < -0.39 is 59.6 Å². The van der Waals surface area contributed by atoms with Gasteiger partial charge in [-0.2, -0.15) is 0 Å². The number of hydrogen-bond donors (Lipinski definition) is 6. The van der Waals surface area contributed by atoms with Crippen molar-refractivity contribution in [3.8, 4) is 0 Å². The molecule has 344 valence electrons. The van der Waals surface area contributed by atoms with Gasteiger partial charge in [-0.25, -0.2) is 28.8 Å². The van der Waals surface area contributed by atoms with E-state index in [-0.39, 0.29) is 72.8 Å². The molecule has 3 rings (SSSR count). The van der Waals surface area contributed by atoms with Crippen molar-refractivity contribution >= 4 is 70.9 Å². The molecule has 2 aromatic rings. The molecule has 1 fully saturated rings. The second-order valence-electron chi connectivity index (χ2n) is 15.5. The molecule has 1 saturated heterocycles. The van der Waals surface area contributed by atoms with Gasteiger partial charge < -0.3 is 50.2 Å². The van der Waals surface area contributed by atoms with Gasteiger partial charge in [-0.05, 0) is 91.5 Å². The summed E-state index contributed by atoms with van der Waals surface area (Å²) in [6.45, 7) is 10.4. The third-order valence-corrected chi connectivity index (χ3v) is 8.13. The van der Waals surface area contributed by atoms with Crippen LogP contribution in [0.15, 0.2) is 48.5 Å². The minimum Gasteiger partial charge on any atom is -0.870 e. The maximum Gasteiger partial charge on any atom is 1.00 e. The predicted molar refractivity (Wildman–Crippen MR) is 225 cm³/mol. The van der Waals surface area contributed by atoms with Crippen LogP contribution in [0, 0.1) is 0 Å². The number of carboxylic acid groups (broad SMARTS) is 1. The van der Waals surface area contributed by atoms with Crippen LogP contribution in [0.25, 0.3) is 0 Å². The van der Waals surface area contributed by atoms with Crippen molar-refractivity contribution in [1.82, 2.24) is 10.2 Å². The molecule has 0 aromatic heterocycles. The molecule has 2 aromatic carbocycles. The minimum atomic E-state index is -1.17. The van der Waals surface area contributed by atoms with E-state index in [0.29, 0.717) is 54.9 Å². The summed E-state index contributed by atoms with van der Waals surface area (Å²) in [5.41, 5.74) is 0.399. The van der Waals surface area contributed by atoms with E-state index in [2.05, 4.69) is 36.1 Å². The average molecular weight is 899 g/mol. The summed E-state index contributed by atoms with van der Waals surface area (Å²) >= 11 is 0. The zero-order chi connectivity index (χ0) is 45.8. The first kappa shape index (κ1) is 57.4. The molecule has 0 bridgehead atoms. The number of amides is 6. The molecule has 1 aliphatic rings. The van der Waals surface area contributed by atoms with Gasteiger partial charge in [0, 0.05) is 12.8 Å². The topological polar surface area (TPSA) is 296 Å². The van der Waals surface area contributed by atoms with Crippen molar-refractivity contribution in [2.24, 2.45) is 0 Å². The molecule has 1 heterocycles. The fourth-order valence-corrected chi connectivity index (χ4v) is 5.39. The number of aliphatic carboxylic acids is 1. The van der Waals surface area contributed by atoms with E-state index in [1.54, 1.807) is 90.1 Å². The maximum atomic E-state index is 12.3. The van der Waals surface area contributed by atoms with E-state index in [9.17, 15) is 38.4 Å². The number of carboxylic acids is 1. The zero-order valence-corrected chi connectivity index (χ0v) is 39.3. The Kier molecular flexibility index (Phi) is 25.6. The van der Waals surface area contributed by atoms with Crippen molar-refractivity contribution in [3.05, 3.63) is 48.5 Å². The van der Waals surface area contributed by atoms with Crippen LogP contribution in [-0.4, -0.2) is 108 Å². The number of cyclic esters (lactones) is 1. The smallest absolute Gasteiger partial charge is 0.870 e. The number of methoxy groups -OCH3 is 2. The first-order valence-electron chi connectivity index (χ1n) is 19.5. The normalized spacial score (nSPS) is 13.4. The average Bonchev–Trinajstić information content (AvgIpc) is 3.53. The number of esters is 1. The summed E-state index contributed by atoms with van der Waals surface area (Å²) in [5, 5.41) is 22.0. The minimum absolute atomic E-state index is 0. The largest absolute Gasteiger partial charge is 1.00 e. The van der Waals surface area contributed by atoms with Crippen LogP contribution in [0.1, 0.15) is 92.9 Å². The van der Waals surface area contributed by atoms with Crippen LogP contribution in [0.4, 0.5) is 41.9 Å². The van der Waals surface area contributed by atoms with Gasteiger partial charge in [-0.15, -0.1) is 0 Å². The Balaban J connectivity index is 0.00000118. The summed E-state index contributed by atoms with van der Waals surface area (Å²) < 4.78 is 24.4. The Labute approximate surface area is 388 Å². The van der Waals surface area contributed by atoms with E-state index in [0.717, 1.165) is 7.11 Å². The molecule has 1 aliphatic heterocycles. The summed E-state index contributed by atoms with van der Waals surface area (Å²) in [5.74, 6) is -2.18. The van der Waals surface area contributed by atoms with E-state index in [1.165, 1.54) is 12.0 Å². The van der Waals surface area contributed by atoms with Crippen molar-refractivity contribution in [1.29, 1.82) is 0 Å². The first-order chi connectivity index (χ1) is 28.6. The van der Waals surface area contributed by atoms with Gasteiger partial charge in [0.05, 0.1) is 37.0 Å². The number of nitrogens with one attached hydrogen (secondary N) is 5. The van der Waals surface area contributed by atoms with Crippen LogP contribution < -0.4 is 56.1 Å². The van der Waals surface area contributed by atoms with Crippen molar-refractivity contribution in [2.75, 3.05) is 42.2 Å². The quantitative estimate of drug-likeness (QED) is 0.0607. The second-order valence-corrected chi connectivity index (χ2v) is 15.5. The van der Waals surface area contributed by atoms with E-state index in [1.807, 2.05) is 0 Å². The zero-order valence-electron chi connectivity index (χ0n) is 37.3. The van der Waals surface area contributed by atoms with Gasteiger partial charge >= 0.3 is 65.9 Å². The molecule has 7 N–H and O–H groups in total. The molecule has 0 saturated carbocycles. The number of rotatable bonds is 16. The van der Waals surface area contributed by atoms with Crippen LogP contribution in [0.5, 0.6) is 0 Å². The van der Waals surface area contributed by atoms with Gasteiger partial charge in [0.2, 0.25) is 11.8 Å². The third-order valence-electron chi connectivity index (χ3n) is 8.13. The molecule has 0 spiro atoms. The molecular weight excluding hydrogens is 839 g/mol. The molecule has 63 heavy (non-hydrogen) atoms. The monoisotopic (exact) mass is 898 g/mol. The SMILES string of the molecule is COC(=O)N1COC(=O)C1CCCCC(=O)Nc1ccccc1NC(=O)OC(C)(C)C.COC(=O)NC(CCCCC(=O)Nc1ccccc1NC(=O)OC(C)(C)C)C(=O)O.[Na+].[OH-]. The Morgan fingerprint density at radius 3 is 1.52 bits per heavy atom. The molecular formula is C41H59N6NaO15. The second kappa shape index (κ2) is 28.1. The number of unbranched alkanes of at least 4 members (excludes halogenated alkanes) is 2. The molecule has 2 atom stereocenters. The Hall–Kier alpha value is -5.64. The Morgan fingerprint density at radius 1 is 0.698 bits per heavy atom. The number of carbonyl (C=O) groups is 8. The summed E-state index contributed by atoms with van der Waals surface area (Å²) in [4.78, 5) is 95.5. The molecule has 2 unspecified atom stereocenters. The molecule has 6 amide bonds.